The molecule has 2 nitrogen and oxygen atoms in total. The van der Waals surface area contributed by atoms with Crippen molar-refractivity contribution < 1.29 is 0 Å². The molecule has 2 atom stereocenters. The standard InChI is InChI=1S/C18H30N2/c1-4-19-18(17-10-8-15(2)9-11-17)12-14-20-13-6-5-7-16(20)3/h8-11,16,18-19H,4-7,12-14H2,1-3H3. The van der Waals surface area contributed by atoms with E-state index in [1.165, 1.54) is 49.9 Å². The molecular weight excluding hydrogens is 244 g/mol. The van der Waals surface area contributed by atoms with Crippen molar-refractivity contribution >= 4 is 0 Å². The summed E-state index contributed by atoms with van der Waals surface area (Å²) in [6, 6.07) is 10.3. The Morgan fingerprint density at radius 1 is 1.25 bits per heavy atom. The number of hydrogen-bond donors (Lipinski definition) is 1. The monoisotopic (exact) mass is 274 g/mol. The highest BCUT2D eigenvalue weighted by molar-refractivity contribution is 5.24. The maximum atomic E-state index is 3.65. The number of hydrogen-bond acceptors (Lipinski definition) is 2. The van der Waals surface area contributed by atoms with Crippen LogP contribution in [0.25, 0.3) is 0 Å². The zero-order chi connectivity index (χ0) is 14.4. The Bertz CT molecular complexity index is 385. The van der Waals surface area contributed by atoms with Gasteiger partial charge in [0.1, 0.15) is 0 Å². The molecule has 1 saturated heterocycles. The number of nitrogens with one attached hydrogen (secondary N) is 1. The molecule has 0 aliphatic carbocycles. The third-order valence-corrected chi connectivity index (χ3v) is 4.58. The van der Waals surface area contributed by atoms with Crippen LogP contribution in [0.15, 0.2) is 24.3 Å². The van der Waals surface area contributed by atoms with E-state index in [-0.39, 0.29) is 0 Å². The first-order chi connectivity index (χ1) is 9.70. The van der Waals surface area contributed by atoms with Crippen LogP contribution < -0.4 is 5.32 Å². The van der Waals surface area contributed by atoms with Crippen molar-refractivity contribution in [1.29, 1.82) is 0 Å². The van der Waals surface area contributed by atoms with Crippen LogP contribution in [0.4, 0.5) is 0 Å². The van der Waals surface area contributed by atoms with Crippen molar-refractivity contribution in [2.24, 2.45) is 0 Å². The first-order valence-corrected chi connectivity index (χ1v) is 8.24. The third kappa shape index (κ3) is 4.32. The largest absolute Gasteiger partial charge is 0.310 e. The molecule has 1 aromatic carbocycles. The SMILES string of the molecule is CCNC(CCN1CCCCC1C)c1ccc(C)cc1. The molecule has 1 aromatic rings. The summed E-state index contributed by atoms with van der Waals surface area (Å²) >= 11 is 0. The van der Waals surface area contributed by atoms with E-state index in [4.69, 9.17) is 0 Å². The predicted molar refractivity (Wildman–Crippen MR) is 87.1 cm³/mol. The van der Waals surface area contributed by atoms with Crippen molar-refractivity contribution in [3.63, 3.8) is 0 Å². The van der Waals surface area contributed by atoms with Crippen molar-refractivity contribution in [2.45, 2.75) is 58.5 Å². The normalized spacial score (nSPS) is 21.9. The van der Waals surface area contributed by atoms with Crippen molar-refractivity contribution in [2.75, 3.05) is 19.6 Å². The van der Waals surface area contributed by atoms with E-state index in [1.807, 2.05) is 0 Å². The maximum Gasteiger partial charge on any atom is 0.0332 e. The van der Waals surface area contributed by atoms with Gasteiger partial charge in [0.2, 0.25) is 0 Å². The quantitative estimate of drug-likeness (QED) is 0.846. The van der Waals surface area contributed by atoms with Gasteiger partial charge >= 0.3 is 0 Å². The molecule has 0 bridgehead atoms. The zero-order valence-corrected chi connectivity index (χ0v) is 13.4. The minimum absolute atomic E-state index is 0.495. The lowest BCUT2D eigenvalue weighted by Crippen LogP contribution is -2.39. The second-order valence-electron chi connectivity index (χ2n) is 6.19. The number of aryl methyl sites for hydroxylation is 1. The van der Waals surface area contributed by atoms with Crippen LogP contribution in [0.3, 0.4) is 0 Å². The zero-order valence-electron chi connectivity index (χ0n) is 13.4. The number of nitrogens with zero attached hydrogens (tertiary/aromatic N) is 1. The van der Waals surface area contributed by atoms with E-state index in [1.54, 1.807) is 0 Å². The Balaban J connectivity index is 1.93. The average molecular weight is 274 g/mol. The molecule has 1 heterocycles. The van der Waals surface area contributed by atoms with Crippen molar-refractivity contribution in [3.05, 3.63) is 35.4 Å². The summed E-state index contributed by atoms with van der Waals surface area (Å²) in [5.41, 5.74) is 2.77. The topological polar surface area (TPSA) is 15.3 Å². The van der Waals surface area contributed by atoms with Crippen LogP contribution in [0.5, 0.6) is 0 Å². The van der Waals surface area contributed by atoms with Crippen LogP contribution in [0, 0.1) is 6.92 Å². The van der Waals surface area contributed by atoms with Gasteiger partial charge in [-0.3, -0.25) is 0 Å². The van der Waals surface area contributed by atoms with Crippen LogP contribution >= 0.6 is 0 Å². The minimum atomic E-state index is 0.495. The molecule has 2 unspecified atom stereocenters. The Kier molecular flexibility index (Phi) is 6.06. The summed E-state index contributed by atoms with van der Waals surface area (Å²) in [6.07, 6.45) is 5.37. The molecule has 0 amide bonds. The summed E-state index contributed by atoms with van der Waals surface area (Å²) in [5, 5.41) is 3.65. The molecule has 0 spiro atoms. The molecule has 20 heavy (non-hydrogen) atoms. The van der Waals surface area contributed by atoms with Crippen LogP contribution in [-0.4, -0.2) is 30.6 Å². The van der Waals surface area contributed by atoms with Gasteiger partial charge in [-0.25, -0.2) is 0 Å². The van der Waals surface area contributed by atoms with Gasteiger partial charge in [-0.1, -0.05) is 43.2 Å². The Morgan fingerprint density at radius 2 is 2.00 bits per heavy atom. The van der Waals surface area contributed by atoms with Gasteiger partial charge in [-0.05, 0) is 51.8 Å². The Morgan fingerprint density at radius 3 is 2.65 bits per heavy atom. The second kappa shape index (κ2) is 7.80. The molecule has 2 rings (SSSR count). The first-order valence-electron chi connectivity index (χ1n) is 8.24. The summed E-state index contributed by atoms with van der Waals surface area (Å²) in [4.78, 5) is 2.67. The lowest BCUT2D eigenvalue weighted by atomic mass is 9.99. The molecule has 0 saturated carbocycles. The van der Waals surface area contributed by atoms with Crippen LogP contribution in [0.2, 0.25) is 0 Å². The third-order valence-electron chi connectivity index (χ3n) is 4.58. The molecule has 1 aliphatic heterocycles. The van der Waals surface area contributed by atoms with E-state index in [0.717, 1.165) is 12.6 Å². The van der Waals surface area contributed by atoms with E-state index >= 15 is 0 Å². The smallest absolute Gasteiger partial charge is 0.0332 e. The molecule has 112 valence electrons. The Labute approximate surface area is 124 Å². The molecule has 0 aromatic heterocycles. The highest BCUT2D eigenvalue weighted by Crippen LogP contribution is 2.21. The van der Waals surface area contributed by atoms with Gasteiger partial charge in [0, 0.05) is 18.6 Å². The molecule has 1 fully saturated rings. The first kappa shape index (κ1) is 15.5. The van der Waals surface area contributed by atoms with Crippen molar-refractivity contribution in [1.82, 2.24) is 10.2 Å². The van der Waals surface area contributed by atoms with E-state index in [9.17, 15) is 0 Å². The Hall–Kier alpha value is -0.860. The van der Waals surface area contributed by atoms with Crippen molar-refractivity contribution in [3.8, 4) is 0 Å². The lowest BCUT2D eigenvalue weighted by molar-refractivity contribution is 0.153. The summed E-state index contributed by atoms with van der Waals surface area (Å²) in [6.45, 7) is 10.3. The average Bonchev–Trinajstić information content (AvgIpc) is 2.46. The molecule has 2 heteroatoms. The number of piperidine rings is 1. The van der Waals surface area contributed by atoms with Gasteiger partial charge in [0.15, 0.2) is 0 Å². The van der Waals surface area contributed by atoms with Gasteiger partial charge in [0.05, 0.1) is 0 Å². The molecule has 1 N–H and O–H groups in total. The minimum Gasteiger partial charge on any atom is -0.310 e. The molecular formula is C18H30N2. The highest BCUT2D eigenvalue weighted by Gasteiger charge is 2.19. The fraction of sp³-hybridized carbons (Fsp3) is 0.667. The second-order valence-corrected chi connectivity index (χ2v) is 6.19. The highest BCUT2D eigenvalue weighted by atomic mass is 15.2. The van der Waals surface area contributed by atoms with Crippen LogP contribution in [-0.2, 0) is 0 Å². The van der Waals surface area contributed by atoms with E-state index < -0.39 is 0 Å². The maximum absolute atomic E-state index is 3.65. The fourth-order valence-electron chi connectivity index (χ4n) is 3.22. The summed E-state index contributed by atoms with van der Waals surface area (Å²) in [5.74, 6) is 0. The van der Waals surface area contributed by atoms with Gasteiger partial charge < -0.3 is 10.2 Å². The van der Waals surface area contributed by atoms with E-state index in [2.05, 4.69) is 55.3 Å². The van der Waals surface area contributed by atoms with Gasteiger partial charge in [0.25, 0.3) is 0 Å². The number of benzene rings is 1. The fourth-order valence-corrected chi connectivity index (χ4v) is 3.22. The molecule has 0 radical (unpaired) electrons. The van der Waals surface area contributed by atoms with E-state index in [0.29, 0.717) is 6.04 Å². The molecule has 1 aliphatic rings. The lowest BCUT2D eigenvalue weighted by Gasteiger charge is -2.34. The number of likely N-dealkylation sites (tertiary alicyclic amines) is 1. The summed E-state index contributed by atoms with van der Waals surface area (Å²) in [7, 11) is 0. The number of rotatable bonds is 6. The summed E-state index contributed by atoms with van der Waals surface area (Å²) < 4.78 is 0. The van der Waals surface area contributed by atoms with Crippen LogP contribution in [0.1, 0.15) is 56.7 Å². The van der Waals surface area contributed by atoms with Gasteiger partial charge in [-0.15, -0.1) is 0 Å². The van der Waals surface area contributed by atoms with Gasteiger partial charge in [-0.2, -0.15) is 0 Å². The predicted octanol–water partition coefficient (Wildman–Crippen LogP) is 3.91.